The number of nitrogens with zero attached hydrogens (tertiary/aromatic N) is 1. The van der Waals surface area contributed by atoms with Crippen LogP contribution >= 0.6 is 0 Å². The molecular weight excluding hydrogens is 386 g/mol. The monoisotopic (exact) mass is 403 g/mol. The van der Waals surface area contributed by atoms with Crippen LogP contribution in [0.15, 0.2) is 30.3 Å². The van der Waals surface area contributed by atoms with Crippen LogP contribution in [0.5, 0.6) is 5.88 Å². The maximum absolute atomic E-state index is 13.3. The summed E-state index contributed by atoms with van der Waals surface area (Å²) < 4.78 is 78.2. The summed E-state index contributed by atoms with van der Waals surface area (Å²) in [4.78, 5) is 4.04. The predicted molar refractivity (Wildman–Crippen MR) is 91.1 cm³/mol. The van der Waals surface area contributed by atoms with Crippen LogP contribution in [-0.2, 0) is 23.0 Å². The Labute approximate surface area is 154 Å². The van der Waals surface area contributed by atoms with Crippen molar-refractivity contribution in [2.45, 2.75) is 44.0 Å². The number of aromatic nitrogens is 1. The molecule has 0 unspecified atom stereocenters. The standard InChI is InChI=1S/C18H17F4NO3S/c19-13-9-7-12(8-10-13)15-11-17(26-27(24,25)18(20,21)22)23-16-6-4-2-1-3-5-14(15)16/h7-11H,1-6H2. The number of hydrogen-bond acceptors (Lipinski definition) is 4. The van der Waals surface area contributed by atoms with Crippen molar-refractivity contribution in [2.24, 2.45) is 0 Å². The molecule has 0 saturated heterocycles. The van der Waals surface area contributed by atoms with Crippen molar-refractivity contribution >= 4 is 10.1 Å². The molecule has 0 spiro atoms. The van der Waals surface area contributed by atoms with Gasteiger partial charge in [-0.15, -0.1) is 0 Å². The fourth-order valence-electron chi connectivity index (χ4n) is 3.12. The molecule has 0 N–H and O–H groups in total. The number of hydrogen-bond donors (Lipinski definition) is 0. The van der Waals surface area contributed by atoms with Gasteiger partial charge in [-0.1, -0.05) is 25.0 Å². The van der Waals surface area contributed by atoms with E-state index in [1.54, 1.807) is 0 Å². The Hall–Kier alpha value is -2.16. The van der Waals surface area contributed by atoms with Crippen molar-refractivity contribution in [3.63, 3.8) is 0 Å². The summed E-state index contributed by atoms with van der Waals surface area (Å²) in [6.07, 6.45) is 4.80. The van der Waals surface area contributed by atoms with Crippen LogP contribution in [0.25, 0.3) is 11.1 Å². The summed E-state index contributed by atoms with van der Waals surface area (Å²) in [5, 5.41) is 0. The minimum Gasteiger partial charge on any atom is -0.355 e. The van der Waals surface area contributed by atoms with E-state index < -0.39 is 27.3 Å². The molecule has 1 aromatic heterocycles. The number of alkyl halides is 3. The third kappa shape index (κ3) is 4.40. The lowest BCUT2D eigenvalue weighted by Crippen LogP contribution is -2.28. The highest BCUT2D eigenvalue weighted by Gasteiger charge is 2.49. The second-order valence-corrected chi connectivity index (χ2v) is 7.88. The number of fused-ring (bicyclic) bond motifs is 1. The normalized spacial score (nSPS) is 15.6. The Bertz CT molecular complexity index is 925. The SMILES string of the molecule is O=S(=O)(Oc1cc(-c2ccc(F)cc2)c2c(n1)CCCCCC2)C(F)(F)F. The molecule has 1 aliphatic carbocycles. The van der Waals surface area contributed by atoms with E-state index in [0.717, 1.165) is 31.2 Å². The number of rotatable bonds is 3. The highest BCUT2D eigenvalue weighted by molar-refractivity contribution is 7.87. The van der Waals surface area contributed by atoms with Gasteiger partial charge in [0.1, 0.15) is 5.82 Å². The first-order chi connectivity index (χ1) is 12.7. The topological polar surface area (TPSA) is 56.3 Å². The molecule has 146 valence electrons. The first kappa shape index (κ1) is 19.6. The van der Waals surface area contributed by atoms with Crippen LogP contribution in [-0.4, -0.2) is 18.9 Å². The molecule has 0 aliphatic heterocycles. The van der Waals surface area contributed by atoms with Gasteiger partial charge in [0.15, 0.2) is 0 Å². The molecule has 1 aliphatic rings. The minimum absolute atomic E-state index is 0.452. The van der Waals surface area contributed by atoms with Crippen LogP contribution in [0.4, 0.5) is 17.6 Å². The van der Waals surface area contributed by atoms with Crippen molar-refractivity contribution in [3.05, 3.63) is 47.4 Å². The molecule has 0 atom stereocenters. The summed E-state index contributed by atoms with van der Waals surface area (Å²) in [7, 11) is -5.82. The first-order valence-electron chi connectivity index (χ1n) is 8.47. The third-order valence-corrected chi connectivity index (χ3v) is 5.37. The summed E-state index contributed by atoms with van der Waals surface area (Å²) in [5.41, 5.74) is -3.13. The average molecular weight is 403 g/mol. The lowest BCUT2D eigenvalue weighted by atomic mass is 9.91. The summed E-state index contributed by atoms with van der Waals surface area (Å²) in [5.74, 6) is -1.09. The highest BCUT2D eigenvalue weighted by atomic mass is 32.2. The number of pyridine rings is 1. The quantitative estimate of drug-likeness (QED) is 0.421. The second-order valence-electron chi connectivity index (χ2n) is 6.34. The zero-order valence-corrected chi connectivity index (χ0v) is 15.0. The molecule has 1 heterocycles. The van der Waals surface area contributed by atoms with Gasteiger partial charge in [-0.25, -0.2) is 9.37 Å². The third-order valence-electron chi connectivity index (χ3n) is 4.41. The van der Waals surface area contributed by atoms with Gasteiger partial charge in [0.05, 0.1) is 0 Å². The minimum atomic E-state index is -5.82. The first-order valence-corrected chi connectivity index (χ1v) is 9.88. The lowest BCUT2D eigenvalue weighted by molar-refractivity contribution is -0.0501. The molecule has 0 fully saturated rings. The van der Waals surface area contributed by atoms with E-state index in [4.69, 9.17) is 0 Å². The van der Waals surface area contributed by atoms with Crippen LogP contribution in [0.2, 0.25) is 0 Å². The Morgan fingerprint density at radius 3 is 2.22 bits per heavy atom. The van der Waals surface area contributed by atoms with Gasteiger partial charge in [0.25, 0.3) is 0 Å². The van der Waals surface area contributed by atoms with Gasteiger partial charge < -0.3 is 4.18 Å². The van der Waals surface area contributed by atoms with E-state index in [9.17, 15) is 26.0 Å². The molecule has 4 nitrogen and oxygen atoms in total. The van der Waals surface area contributed by atoms with E-state index >= 15 is 0 Å². The maximum Gasteiger partial charge on any atom is 0.534 e. The van der Waals surface area contributed by atoms with Crippen LogP contribution in [0.3, 0.4) is 0 Å². The van der Waals surface area contributed by atoms with Crippen LogP contribution in [0.1, 0.15) is 36.9 Å². The van der Waals surface area contributed by atoms with Gasteiger partial charge in [0.2, 0.25) is 5.88 Å². The van der Waals surface area contributed by atoms with E-state index in [1.807, 2.05) is 0 Å². The molecule has 0 saturated carbocycles. The fourth-order valence-corrected chi connectivity index (χ4v) is 3.53. The van der Waals surface area contributed by atoms with Crippen molar-refractivity contribution < 1.29 is 30.2 Å². The lowest BCUT2D eigenvalue weighted by Gasteiger charge is -2.19. The predicted octanol–water partition coefficient (Wildman–Crippen LogP) is 4.78. The smallest absolute Gasteiger partial charge is 0.355 e. The van der Waals surface area contributed by atoms with Gasteiger partial charge >= 0.3 is 15.6 Å². The van der Waals surface area contributed by atoms with E-state index in [0.29, 0.717) is 29.7 Å². The van der Waals surface area contributed by atoms with Crippen LogP contribution < -0.4 is 4.18 Å². The molecule has 0 bridgehead atoms. The maximum atomic E-state index is 13.3. The summed E-state index contributed by atoms with van der Waals surface area (Å²) in [6, 6.07) is 6.63. The number of halogens is 4. The Morgan fingerprint density at radius 1 is 0.963 bits per heavy atom. The molecule has 9 heteroatoms. The van der Waals surface area contributed by atoms with Crippen molar-refractivity contribution in [1.82, 2.24) is 4.98 Å². The van der Waals surface area contributed by atoms with E-state index in [1.165, 1.54) is 30.3 Å². The number of aryl methyl sites for hydroxylation is 1. The van der Waals surface area contributed by atoms with Gasteiger partial charge in [-0.2, -0.15) is 21.6 Å². The molecular formula is C18H17F4NO3S. The van der Waals surface area contributed by atoms with Crippen LogP contribution in [0, 0.1) is 5.82 Å². The van der Waals surface area contributed by atoms with Gasteiger partial charge in [0, 0.05) is 11.8 Å². The Balaban J connectivity index is 2.12. The van der Waals surface area contributed by atoms with Crippen molar-refractivity contribution in [2.75, 3.05) is 0 Å². The molecule has 0 amide bonds. The summed E-state index contributed by atoms with van der Waals surface area (Å²) in [6.45, 7) is 0. The van der Waals surface area contributed by atoms with Crippen molar-refractivity contribution in [3.8, 4) is 17.0 Å². The van der Waals surface area contributed by atoms with Crippen molar-refractivity contribution in [1.29, 1.82) is 0 Å². The largest absolute Gasteiger partial charge is 0.534 e. The average Bonchev–Trinajstić information content (AvgIpc) is 2.55. The second kappa shape index (κ2) is 7.46. The molecule has 3 rings (SSSR count). The fraction of sp³-hybridized carbons (Fsp3) is 0.389. The van der Waals surface area contributed by atoms with E-state index in [-0.39, 0.29) is 0 Å². The van der Waals surface area contributed by atoms with E-state index in [2.05, 4.69) is 9.17 Å². The molecule has 1 aromatic carbocycles. The number of benzene rings is 1. The van der Waals surface area contributed by atoms with Gasteiger partial charge in [-0.3, -0.25) is 0 Å². The zero-order valence-electron chi connectivity index (χ0n) is 14.2. The summed E-state index contributed by atoms with van der Waals surface area (Å²) >= 11 is 0. The van der Waals surface area contributed by atoms with Gasteiger partial charge in [-0.05, 0) is 54.5 Å². The molecule has 27 heavy (non-hydrogen) atoms. The Morgan fingerprint density at radius 2 is 1.59 bits per heavy atom. The molecule has 2 aromatic rings. The highest BCUT2D eigenvalue weighted by Crippen LogP contribution is 2.34. The zero-order chi connectivity index (χ0) is 19.7. The molecule has 0 radical (unpaired) electrons. The Kier molecular flexibility index (Phi) is 5.41.